The van der Waals surface area contributed by atoms with E-state index in [1.165, 1.54) is 0 Å². The summed E-state index contributed by atoms with van der Waals surface area (Å²) in [5.41, 5.74) is 10.3. The number of hydrogen-bond acceptors (Lipinski definition) is 3. The van der Waals surface area contributed by atoms with E-state index in [2.05, 4.69) is 0 Å². The standard InChI is InChI=1S/C23H24N2O2/c24-22-13-11-19(12-14-22)15-17-25(26,27)18-16-23(20-7-3-1-4-8-20)21-9-5-2-6-10-21/h1-14,16,26H,15,17-18,24H2. The van der Waals surface area contributed by atoms with E-state index in [1.807, 2.05) is 78.9 Å². The van der Waals surface area contributed by atoms with Crippen LogP contribution in [0.4, 0.5) is 5.69 Å². The van der Waals surface area contributed by atoms with Crippen molar-refractivity contribution in [1.82, 2.24) is 0 Å². The third-order valence-electron chi connectivity index (χ3n) is 4.48. The average Bonchev–Trinajstić information content (AvgIpc) is 2.69. The Bertz CT molecular complexity index is 832. The molecule has 1 unspecified atom stereocenters. The van der Waals surface area contributed by atoms with Crippen molar-refractivity contribution in [1.29, 1.82) is 0 Å². The smallest absolute Gasteiger partial charge is 0.128 e. The highest BCUT2D eigenvalue weighted by molar-refractivity contribution is 5.79. The molecule has 0 bridgehead atoms. The van der Waals surface area contributed by atoms with Crippen LogP contribution in [-0.4, -0.2) is 23.1 Å². The lowest BCUT2D eigenvalue weighted by molar-refractivity contribution is -1.06. The SMILES string of the molecule is Nc1ccc(CC[N+]([O-])(O)CC=C(c2ccccc2)c2ccccc2)cc1. The number of benzene rings is 3. The van der Waals surface area contributed by atoms with Crippen LogP contribution in [0.2, 0.25) is 0 Å². The van der Waals surface area contributed by atoms with E-state index in [9.17, 15) is 10.4 Å². The van der Waals surface area contributed by atoms with Crippen LogP contribution in [0.3, 0.4) is 0 Å². The number of nitrogens with two attached hydrogens (primary N) is 1. The molecule has 138 valence electrons. The molecule has 3 aromatic rings. The molecule has 0 heterocycles. The van der Waals surface area contributed by atoms with Crippen molar-refractivity contribution in [2.75, 3.05) is 18.8 Å². The zero-order chi connectivity index (χ0) is 19.1. The van der Waals surface area contributed by atoms with Gasteiger partial charge >= 0.3 is 0 Å². The number of anilines is 1. The third kappa shape index (κ3) is 5.53. The predicted octanol–water partition coefficient (Wildman–Crippen LogP) is 4.65. The number of hydroxylamine groups is 4. The van der Waals surface area contributed by atoms with Crippen LogP contribution in [0, 0.1) is 5.21 Å². The van der Waals surface area contributed by atoms with E-state index < -0.39 is 4.81 Å². The molecule has 3 aromatic carbocycles. The minimum atomic E-state index is -1.31. The second-order valence-electron chi connectivity index (χ2n) is 6.59. The second kappa shape index (κ2) is 8.64. The summed E-state index contributed by atoms with van der Waals surface area (Å²) in [6.07, 6.45) is 2.31. The fourth-order valence-corrected chi connectivity index (χ4v) is 2.95. The fourth-order valence-electron chi connectivity index (χ4n) is 2.95. The van der Waals surface area contributed by atoms with Gasteiger partial charge in [0, 0.05) is 12.1 Å². The van der Waals surface area contributed by atoms with E-state index in [0.29, 0.717) is 12.1 Å². The Morgan fingerprint density at radius 2 is 1.37 bits per heavy atom. The van der Waals surface area contributed by atoms with Crippen molar-refractivity contribution in [3.8, 4) is 0 Å². The zero-order valence-electron chi connectivity index (χ0n) is 15.2. The summed E-state index contributed by atoms with van der Waals surface area (Å²) in [5, 5.41) is 22.8. The van der Waals surface area contributed by atoms with Gasteiger partial charge in [-0.1, -0.05) is 72.8 Å². The molecule has 0 saturated heterocycles. The Balaban J connectivity index is 1.75. The second-order valence-corrected chi connectivity index (χ2v) is 6.59. The molecule has 4 heteroatoms. The monoisotopic (exact) mass is 360 g/mol. The van der Waals surface area contributed by atoms with E-state index in [-0.39, 0.29) is 13.1 Å². The fraction of sp³-hybridized carbons (Fsp3) is 0.130. The van der Waals surface area contributed by atoms with Crippen molar-refractivity contribution < 1.29 is 10.0 Å². The maximum absolute atomic E-state index is 12.5. The van der Waals surface area contributed by atoms with Gasteiger partial charge in [0.05, 0.1) is 0 Å². The van der Waals surface area contributed by atoms with Gasteiger partial charge in [0.15, 0.2) is 0 Å². The average molecular weight is 360 g/mol. The van der Waals surface area contributed by atoms with E-state index in [4.69, 9.17) is 5.73 Å². The highest BCUT2D eigenvalue weighted by atomic mass is 16.8. The van der Waals surface area contributed by atoms with Gasteiger partial charge in [-0.15, -0.1) is 0 Å². The number of quaternary nitrogens is 1. The maximum Gasteiger partial charge on any atom is 0.128 e. The van der Waals surface area contributed by atoms with Gasteiger partial charge in [0.25, 0.3) is 0 Å². The molecule has 0 amide bonds. The molecule has 3 N–H and O–H groups in total. The van der Waals surface area contributed by atoms with Crippen LogP contribution in [-0.2, 0) is 6.42 Å². The van der Waals surface area contributed by atoms with Gasteiger partial charge in [0.1, 0.15) is 13.1 Å². The molecule has 0 aliphatic carbocycles. The summed E-state index contributed by atoms with van der Waals surface area (Å²) < 4.78 is 0. The lowest BCUT2D eigenvalue weighted by atomic mass is 9.97. The summed E-state index contributed by atoms with van der Waals surface area (Å²) in [6, 6.07) is 27.1. The Kier molecular flexibility index (Phi) is 6.04. The summed E-state index contributed by atoms with van der Waals surface area (Å²) in [4.78, 5) is -1.31. The van der Waals surface area contributed by atoms with Crippen molar-refractivity contribution in [3.05, 3.63) is 113 Å². The zero-order valence-corrected chi connectivity index (χ0v) is 15.2. The Morgan fingerprint density at radius 1 is 0.852 bits per heavy atom. The van der Waals surface area contributed by atoms with Crippen molar-refractivity contribution in [3.63, 3.8) is 0 Å². The molecule has 27 heavy (non-hydrogen) atoms. The first kappa shape index (κ1) is 18.9. The molecule has 3 rings (SSSR count). The predicted molar refractivity (Wildman–Crippen MR) is 110 cm³/mol. The minimum absolute atomic E-state index is 0.0197. The van der Waals surface area contributed by atoms with Gasteiger partial charge in [-0.2, -0.15) is 0 Å². The van der Waals surface area contributed by atoms with Gasteiger partial charge in [-0.05, 0) is 40.5 Å². The lowest BCUT2D eigenvalue weighted by Gasteiger charge is -2.33. The minimum Gasteiger partial charge on any atom is -0.598 e. The number of nitrogens with zero attached hydrogens (tertiary/aromatic N) is 1. The van der Waals surface area contributed by atoms with Gasteiger partial charge < -0.3 is 10.9 Å². The first-order valence-corrected chi connectivity index (χ1v) is 9.00. The van der Waals surface area contributed by atoms with Crippen molar-refractivity contribution in [2.24, 2.45) is 0 Å². The van der Waals surface area contributed by atoms with Gasteiger partial charge in [-0.25, -0.2) is 10.0 Å². The van der Waals surface area contributed by atoms with Crippen LogP contribution in [0.25, 0.3) is 5.57 Å². The molecule has 0 radical (unpaired) electrons. The van der Waals surface area contributed by atoms with E-state index in [1.54, 1.807) is 12.1 Å². The van der Waals surface area contributed by atoms with Crippen LogP contribution < -0.4 is 5.73 Å². The number of nitrogen functional groups attached to an aromatic ring is 1. The third-order valence-corrected chi connectivity index (χ3v) is 4.48. The Labute approximate surface area is 159 Å². The molecular weight excluding hydrogens is 336 g/mol. The molecule has 1 atom stereocenters. The van der Waals surface area contributed by atoms with Crippen LogP contribution in [0.15, 0.2) is 91.0 Å². The highest BCUT2D eigenvalue weighted by Gasteiger charge is 2.14. The molecule has 0 aliphatic heterocycles. The molecule has 0 aliphatic rings. The number of hydrogen-bond donors (Lipinski definition) is 2. The van der Waals surface area contributed by atoms with Crippen LogP contribution in [0.1, 0.15) is 16.7 Å². The quantitative estimate of drug-likeness (QED) is 0.366. The summed E-state index contributed by atoms with van der Waals surface area (Å²) in [5.74, 6) is 0. The van der Waals surface area contributed by atoms with E-state index in [0.717, 1.165) is 22.3 Å². The molecule has 0 fully saturated rings. The summed E-state index contributed by atoms with van der Waals surface area (Å²) in [7, 11) is 0. The van der Waals surface area contributed by atoms with Crippen LogP contribution in [0.5, 0.6) is 0 Å². The van der Waals surface area contributed by atoms with Gasteiger partial charge in [0.2, 0.25) is 0 Å². The summed E-state index contributed by atoms with van der Waals surface area (Å²) in [6.45, 7) is 0.0609. The largest absolute Gasteiger partial charge is 0.598 e. The highest BCUT2D eigenvalue weighted by Crippen LogP contribution is 2.23. The molecule has 0 saturated carbocycles. The van der Waals surface area contributed by atoms with Crippen molar-refractivity contribution in [2.45, 2.75) is 6.42 Å². The normalized spacial score (nSPS) is 13.0. The first-order chi connectivity index (χ1) is 13.0. The molecule has 0 aromatic heterocycles. The number of rotatable bonds is 7. The molecule has 0 spiro atoms. The lowest BCUT2D eigenvalue weighted by Crippen LogP contribution is -2.40. The van der Waals surface area contributed by atoms with Crippen molar-refractivity contribution >= 4 is 11.3 Å². The molecule has 4 nitrogen and oxygen atoms in total. The first-order valence-electron chi connectivity index (χ1n) is 9.00. The molecular formula is C23H24N2O2. The Hall–Kier alpha value is -2.92. The van der Waals surface area contributed by atoms with Crippen LogP contribution >= 0.6 is 0 Å². The van der Waals surface area contributed by atoms with Gasteiger partial charge in [-0.3, -0.25) is 0 Å². The summed E-state index contributed by atoms with van der Waals surface area (Å²) >= 11 is 0. The topological polar surface area (TPSA) is 69.3 Å². The van der Waals surface area contributed by atoms with E-state index >= 15 is 0 Å². The maximum atomic E-state index is 12.5. The Morgan fingerprint density at radius 3 is 1.89 bits per heavy atom.